The third kappa shape index (κ3) is 1.33. The smallest absolute Gasteiger partial charge is 0.133 e. The molecular weight excluding hydrogens is 160 g/mol. The number of carbonyl (C=O) groups is 1. The molecule has 0 bridgehead atoms. The van der Waals surface area contributed by atoms with Gasteiger partial charge in [-0.1, -0.05) is 19.8 Å². The van der Waals surface area contributed by atoms with Crippen LogP contribution in [0.25, 0.3) is 0 Å². The maximum Gasteiger partial charge on any atom is 0.133 e. The van der Waals surface area contributed by atoms with E-state index >= 15 is 0 Å². The van der Waals surface area contributed by atoms with E-state index < -0.39 is 0 Å². The zero-order valence-corrected chi connectivity index (χ0v) is 8.81. The molecule has 2 rings (SSSR count). The van der Waals surface area contributed by atoms with Gasteiger partial charge in [-0.25, -0.2) is 0 Å². The minimum atomic E-state index is 0.379. The zero-order valence-electron chi connectivity index (χ0n) is 8.81. The Morgan fingerprint density at radius 3 is 2.69 bits per heavy atom. The molecule has 2 aliphatic carbocycles. The predicted molar refractivity (Wildman–Crippen MR) is 53.5 cm³/mol. The molecule has 13 heavy (non-hydrogen) atoms. The lowest BCUT2D eigenvalue weighted by molar-refractivity contribution is -0.124. The quantitative estimate of drug-likeness (QED) is 0.605. The van der Waals surface area contributed by atoms with E-state index in [-0.39, 0.29) is 0 Å². The molecule has 2 aliphatic rings. The minimum absolute atomic E-state index is 0.379. The highest BCUT2D eigenvalue weighted by molar-refractivity contribution is 5.79. The van der Waals surface area contributed by atoms with Crippen LogP contribution in [-0.2, 0) is 4.79 Å². The molecule has 0 aliphatic heterocycles. The Balaban J connectivity index is 2.20. The standard InChI is InChI=1S/C12H20O/c1-9(13)11-7-6-10-5-3-4-8-12(10,11)2/h10-11H,3-8H2,1-2H3/t10-,11-,12-/m0/s1. The minimum Gasteiger partial charge on any atom is -0.300 e. The average molecular weight is 180 g/mol. The van der Waals surface area contributed by atoms with Gasteiger partial charge < -0.3 is 0 Å². The van der Waals surface area contributed by atoms with E-state index in [0.717, 1.165) is 12.3 Å². The van der Waals surface area contributed by atoms with E-state index in [0.29, 0.717) is 17.1 Å². The van der Waals surface area contributed by atoms with Gasteiger partial charge in [0.05, 0.1) is 0 Å². The van der Waals surface area contributed by atoms with Gasteiger partial charge >= 0.3 is 0 Å². The van der Waals surface area contributed by atoms with Gasteiger partial charge in [0.1, 0.15) is 5.78 Å². The molecule has 0 unspecified atom stereocenters. The van der Waals surface area contributed by atoms with Gasteiger partial charge in [-0.15, -0.1) is 0 Å². The second kappa shape index (κ2) is 3.11. The van der Waals surface area contributed by atoms with Crippen molar-refractivity contribution in [2.45, 2.75) is 52.4 Å². The molecule has 2 fully saturated rings. The Kier molecular flexibility index (Phi) is 2.21. The molecular formula is C12H20O. The summed E-state index contributed by atoms with van der Waals surface area (Å²) in [6, 6.07) is 0. The van der Waals surface area contributed by atoms with Crippen LogP contribution in [0.3, 0.4) is 0 Å². The van der Waals surface area contributed by atoms with E-state index in [1.165, 1.54) is 32.1 Å². The van der Waals surface area contributed by atoms with Crippen LogP contribution in [0.15, 0.2) is 0 Å². The first-order chi connectivity index (χ1) is 6.14. The fourth-order valence-corrected chi connectivity index (χ4v) is 3.73. The van der Waals surface area contributed by atoms with Crippen molar-refractivity contribution in [1.29, 1.82) is 0 Å². The van der Waals surface area contributed by atoms with Crippen molar-refractivity contribution in [1.82, 2.24) is 0 Å². The molecule has 0 heterocycles. The van der Waals surface area contributed by atoms with Crippen LogP contribution in [0.1, 0.15) is 52.4 Å². The zero-order chi connectivity index (χ0) is 9.47. The summed E-state index contributed by atoms with van der Waals surface area (Å²) >= 11 is 0. The van der Waals surface area contributed by atoms with E-state index in [1.807, 2.05) is 0 Å². The topological polar surface area (TPSA) is 17.1 Å². The van der Waals surface area contributed by atoms with Crippen molar-refractivity contribution in [3.63, 3.8) is 0 Å². The Morgan fingerprint density at radius 1 is 1.23 bits per heavy atom. The summed E-state index contributed by atoms with van der Waals surface area (Å²) in [5.41, 5.74) is 0.379. The van der Waals surface area contributed by atoms with Crippen LogP contribution in [0.4, 0.5) is 0 Å². The van der Waals surface area contributed by atoms with Crippen LogP contribution in [0, 0.1) is 17.3 Å². The lowest BCUT2D eigenvalue weighted by atomic mass is 9.65. The van der Waals surface area contributed by atoms with Crippen molar-refractivity contribution in [2.75, 3.05) is 0 Å². The lowest BCUT2D eigenvalue weighted by Crippen LogP contribution is -2.34. The van der Waals surface area contributed by atoms with Crippen molar-refractivity contribution in [2.24, 2.45) is 17.3 Å². The predicted octanol–water partition coefficient (Wildman–Crippen LogP) is 3.18. The highest BCUT2D eigenvalue weighted by Crippen LogP contribution is 2.55. The first kappa shape index (κ1) is 9.23. The monoisotopic (exact) mass is 180 g/mol. The first-order valence-corrected chi connectivity index (χ1v) is 5.65. The molecule has 0 aromatic carbocycles. The second-order valence-corrected chi connectivity index (χ2v) is 5.19. The summed E-state index contributed by atoms with van der Waals surface area (Å²) in [5, 5.41) is 0. The van der Waals surface area contributed by atoms with Gasteiger partial charge in [0.2, 0.25) is 0 Å². The van der Waals surface area contributed by atoms with Crippen molar-refractivity contribution in [3.8, 4) is 0 Å². The summed E-state index contributed by atoms with van der Waals surface area (Å²) in [6.07, 6.45) is 7.88. The number of Topliss-reactive ketones (excluding diaryl/α,β-unsaturated/α-hetero) is 1. The molecule has 0 aromatic rings. The fourth-order valence-electron chi connectivity index (χ4n) is 3.73. The number of fused-ring (bicyclic) bond motifs is 1. The van der Waals surface area contributed by atoms with Gasteiger partial charge in [-0.2, -0.15) is 0 Å². The molecule has 0 spiro atoms. The van der Waals surface area contributed by atoms with Crippen molar-refractivity contribution >= 4 is 5.78 Å². The molecule has 0 N–H and O–H groups in total. The van der Waals surface area contributed by atoms with Gasteiger partial charge in [0.25, 0.3) is 0 Å². The Bertz CT molecular complexity index is 221. The molecule has 1 nitrogen and oxygen atoms in total. The van der Waals surface area contributed by atoms with Crippen LogP contribution < -0.4 is 0 Å². The van der Waals surface area contributed by atoms with Crippen LogP contribution in [0.5, 0.6) is 0 Å². The molecule has 74 valence electrons. The summed E-state index contributed by atoms with van der Waals surface area (Å²) in [6.45, 7) is 4.14. The summed E-state index contributed by atoms with van der Waals surface area (Å²) < 4.78 is 0. The molecule has 0 saturated heterocycles. The largest absolute Gasteiger partial charge is 0.300 e. The number of hydrogen-bond acceptors (Lipinski definition) is 1. The highest BCUT2D eigenvalue weighted by Gasteiger charge is 2.48. The number of carbonyl (C=O) groups excluding carboxylic acids is 1. The van der Waals surface area contributed by atoms with E-state index in [2.05, 4.69) is 6.92 Å². The summed E-state index contributed by atoms with van der Waals surface area (Å²) in [5.74, 6) is 1.68. The first-order valence-electron chi connectivity index (χ1n) is 5.65. The average Bonchev–Trinajstić information content (AvgIpc) is 2.41. The highest BCUT2D eigenvalue weighted by atomic mass is 16.1. The Hall–Kier alpha value is -0.330. The van der Waals surface area contributed by atoms with Crippen LogP contribution in [-0.4, -0.2) is 5.78 Å². The molecule has 0 aromatic heterocycles. The SMILES string of the molecule is CC(=O)[C@@H]1CC[C@@H]2CCCC[C@@]21C. The van der Waals surface area contributed by atoms with Crippen molar-refractivity contribution in [3.05, 3.63) is 0 Å². The molecule has 3 atom stereocenters. The van der Waals surface area contributed by atoms with Gasteiger partial charge in [-0.05, 0) is 43.9 Å². The van der Waals surface area contributed by atoms with E-state index in [9.17, 15) is 4.79 Å². The number of ketones is 1. The molecule has 1 heteroatoms. The van der Waals surface area contributed by atoms with Gasteiger partial charge in [-0.3, -0.25) is 4.79 Å². The lowest BCUT2D eigenvalue weighted by Gasteiger charge is -2.39. The van der Waals surface area contributed by atoms with Crippen LogP contribution >= 0.6 is 0 Å². The molecule has 0 radical (unpaired) electrons. The second-order valence-electron chi connectivity index (χ2n) is 5.19. The van der Waals surface area contributed by atoms with E-state index in [4.69, 9.17) is 0 Å². The summed E-state index contributed by atoms with van der Waals surface area (Å²) in [7, 11) is 0. The fraction of sp³-hybridized carbons (Fsp3) is 0.917. The normalized spacial score (nSPS) is 44.5. The Morgan fingerprint density at radius 2 is 2.00 bits per heavy atom. The third-order valence-electron chi connectivity index (χ3n) is 4.54. The van der Waals surface area contributed by atoms with Gasteiger partial charge in [0.15, 0.2) is 0 Å². The molecule has 2 saturated carbocycles. The van der Waals surface area contributed by atoms with Gasteiger partial charge in [0, 0.05) is 5.92 Å². The van der Waals surface area contributed by atoms with Crippen molar-refractivity contribution < 1.29 is 4.79 Å². The number of rotatable bonds is 1. The van der Waals surface area contributed by atoms with E-state index in [1.54, 1.807) is 6.92 Å². The molecule has 0 amide bonds. The van der Waals surface area contributed by atoms with Crippen LogP contribution in [0.2, 0.25) is 0 Å². The Labute approximate surface area is 80.9 Å². The maximum atomic E-state index is 11.5. The third-order valence-corrected chi connectivity index (χ3v) is 4.54. The summed E-state index contributed by atoms with van der Waals surface area (Å²) in [4.78, 5) is 11.5. The number of hydrogen-bond donors (Lipinski definition) is 0. The maximum absolute atomic E-state index is 11.5.